The van der Waals surface area contributed by atoms with Gasteiger partial charge in [-0.15, -0.1) is 0 Å². The fourth-order valence-corrected chi connectivity index (χ4v) is 5.41. The molecule has 1 aromatic heterocycles. The number of unbranched alkanes of at least 4 members (excludes halogenated alkanes) is 3. The molecule has 0 saturated heterocycles. The zero-order valence-corrected chi connectivity index (χ0v) is 16.9. The van der Waals surface area contributed by atoms with Gasteiger partial charge < -0.3 is 0 Å². The van der Waals surface area contributed by atoms with Crippen LogP contribution in [0.2, 0.25) is 0 Å². The molecule has 0 aliphatic rings. The van der Waals surface area contributed by atoms with Crippen molar-refractivity contribution < 1.29 is 9.90 Å². The average molecular weight is 431 g/mol. The van der Waals surface area contributed by atoms with Crippen molar-refractivity contribution in [3.05, 3.63) is 70.0 Å². The molecule has 0 spiro atoms. The second-order valence-electron chi connectivity index (χ2n) is 6.49. The molecule has 2 N–H and O–H groups in total. The van der Waals surface area contributed by atoms with Gasteiger partial charge >= 0.3 is 158 Å². The predicted molar refractivity (Wildman–Crippen MR) is 108 cm³/mol. The van der Waals surface area contributed by atoms with E-state index in [1.54, 1.807) is 0 Å². The molecule has 0 radical (unpaired) electrons. The maximum atomic E-state index is 12.5. The Bertz CT molecular complexity index is 947. The second kappa shape index (κ2) is 9.70. The topological polar surface area (TPSA) is 71.3 Å². The summed E-state index contributed by atoms with van der Waals surface area (Å²) in [5.41, 5.74) is 1.65. The molecule has 1 heterocycles. The summed E-state index contributed by atoms with van der Waals surface area (Å²) < 4.78 is 2.95. The van der Waals surface area contributed by atoms with E-state index in [0.717, 1.165) is 47.4 Å². The number of amides is 1. The van der Waals surface area contributed by atoms with E-state index in [0.29, 0.717) is 12.1 Å². The summed E-state index contributed by atoms with van der Waals surface area (Å²) in [4.78, 5) is 24.4. The molecule has 6 heteroatoms. The summed E-state index contributed by atoms with van der Waals surface area (Å²) in [6.07, 6.45) is 3.96. The van der Waals surface area contributed by atoms with Crippen LogP contribution < -0.4 is 10.9 Å². The second-order valence-corrected chi connectivity index (χ2v) is 8.65. The zero-order chi connectivity index (χ0) is 19.1. The quantitative estimate of drug-likeness (QED) is 0.404. The van der Waals surface area contributed by atoms with Crippen molar-refractivity contribution in [1.29, 1.82) is 0 Å². The number of aryl methyl sites for hydroxylation is 1. The predicted octanol–water partition coefficient (Wildman–Crippen LogP) is 2.54. The number of nitrogens with zero attached hydrogens (tertiary/aromatic N) is 1. The van der Waals surface area contributed by atoms with Crippen molar-refractivity contribution in [3.63, 3.8) is 0 Å². The standard InChI is InChI=1S/C21H24N2O3Se/c24-15-17-11-8-12-18-19(17)27-23(21(18)26)14-7-2-1-6-13-22-20(25)16-9-4-3-5-10-16/h3-5,8-12,24H,1-2,6-7,13-15H2,(H,22,25). The Morgan fingerprint density at radius 2 is 1.78 bits per heavy atom. The number of fused-ring (bicyclic) bond motifs is 1. The maximum absolute atomic E-state index is 12.5. The molecule has 0 unspecified atom stereocenters. The van der Waals surface area contributed by atoms with Crippen LogP contribution in [0.5, 0.6) is 0 Å². The summed E-state index contributed by atoms with van der Waals surface area (Å²) in [5, 5.41) is 13.1. The third-order valence-corrected chi connectivity index (χ3v) is 7.12. The van der Waals surface area contributed by atoms with Crippen LogP contribution in [0.3, 0.4) is 0 Å². The summed E-state index contributed by atoms with van der Waals surface area (Å²) in [5.74, 6) is -0.0292. The molecular formula is C21H24N2O3Se. The van der Waals surface area contributed by atoms with Crippen LogP contribution in [-0.4, -0.2) is 35.9 Å². The molecule has 0 saturated carbocycles. The molecule has 3 aromatic rings. The molecule has 0 aliphatic heterocycles. The summed E-state index contributed by atoms with van der Waals surface area (Å²) in [7, 11) is 0. The van der Waals surface area contributed by atoms with Gasteiger partial charge in [-0.2, -0.15) is 0 Å². The Morgan fingerprint density at radius 3 is 2.56 bits per heavy atom. The number of hydrogen-bond donors (Lipinski definition) is 2. The Hall–Kier alpha value is -2.14. The van der Waals surface area contributed by atoms with Crippen molar-refractivity contribution in [3.8, 4) is 0 Å². The number of carbonyl (C=O) groups is 1. The molecule has 0 fully saturated rings. The van der Waals surface area contributed by atoms with Gasteiger partial charge in [-0.1, -0.05) is 6.07 Å². The SMILES string of the molecule is O=C(NCCCCCCn1[se]c2c(CO)cccc2c1=O)c1ccccc1. The van der Waals surface area contributed by atoms with Crippen LogP contribution in [-0.2, 0) is 13.2 Å². The van der Waals surface area contributed by atoms with E-state index in [2.05, 4.69) is 5.32 Å². The zero-order valence-electron chi connectivity index (χ0n) is 15.2. The van der Waals surface area contributed by atoms with E-state index in [1.165, 1.54) is 0 Å². The molecule has 0 bridgehead atoms. The van der Waals surface area contributed by atoms with Gasteiger partial charge in [-0.25, -0.2) is 0 Å². The van der Waals surface area contributed by atoms with Gasteiger partial charge in [0, 0.05) is 0 Å². The van der Waals surface area contributed by atoms with E-state index in [1.807, 2.05) is 52.1 Å². The minimum atomic E-state index is -0.0323. The first-order chi connectivity index (χ1) is 13.2. The number of benzene rings is 2. The van der Waals surface area contributed by atoms with Crippen LogP contribution in [0, 0.1) is 0 Å². The summed E-state index contributed by atoms with van der Waals surface area (Å²) in [6, 6.07) is 14.8. The number of aromatic nitrogens is 1. The van der Waals surface area contributed by atoms with Crippen molar-refractivity contribution in [2.75, 3.05) is 6.54 Å². The number of carbonyl (C=O) groups excluding carboxylic acids is 1. The number of aliphatic hydroxyl groups excluding tert-OH is 1. The third-order valence-electron chi connectivity index (χ3n) is 4.53. The van der Waals surface area contributed by atoms with Gasteiger partial charge in [-0.05, 0) is 0 Å². The molecule has 27 heavy (non-hydrogen) atoms. The Morgan fingerprint density at radius 1 is 1.00 bits per heavy atom. The van der Waals surface area contributed by atoms with Crippen molar-refractivity contribution in [2.24, 2.45) is 0 Å². The van der Waals surface area contributed by atoms with E-state index in [-0.39, 0.29) is 32.8 Å². The Kier molecular flexibility index (Phi) is 7.04. The fourth-order valence-electron chi connectivity index (χ4n) is 3.05. The first-order valence-corrected chi connectivity index (χ1v) is 10.9. The third kappa shape index (κ3) is 4.98. The van der Waals surface area contributed by atoms with Gasteiger partial charge in [0.15, 0.2) is 0 Å². The van der Waals surface area contributed by atoms with Crippen molar-refractivity contribution >= 4 is 30.3 Å². The van der Waals surface area contributed by atoms with E-state index < -0.39 is 0 Å². The van der Waals surface area contributed by atoms with Crippen LogP contribution in [0.4, 0.5) is 0 Å². The van der Waals surface area contributed by atoms with E-state index in [9.17, 15) is 14.7 Å². The van der Waals surface area contributed by atoms with E-state index in [4.69, 9.17) is 0 Å². The van der Waals surface area contributed by atoms with Crippen LogP contribution in [0.15, 0.2) is 53.3 Å². The molecule has 142 valence electrons. The minimum absolute atomic E-state index is 0.0131. The molecule has 0 aliphatic carbocycles. The molecule has 1 amide bonds. The van der Waals surface area contributed by atoms with Crippen LogP contribution in [0.1, 0.15) is 41.6 Å². The summed E-state index contributed by atoms with van der Waals surface area (Å²) >= 11 is -0.0323. The molecule has 5 nitrogen and oxygen atoms in total. The number of aliphatic hydroxyl groups is 1. The average Bonchev–Trinajstić information content (AvgIpc) is 3.03. The molecule has 3 rings (SSSR count). The first kappa shape index (κ1) is 19.6. The van der Waals surface area contributed by atoms with Gasteiger partial charge in [0.1, 0.15) is 0 Å². The molecule has 0 atom stereocenters. The van der Waals surface area contributed by atoms with Crippen molar-refractivity contribution in [1.82, 2.24) is 8.88 Å². The van der Waals surface area contributed by atoms with Gasteiger partial charge in [0.2, 0.25) is 0 Å². The summed E-state index contributed by atoms with van der Waals surface area (Å²) in [6.45, 7) is 1.42. The monoisotopic (exact) mass is 432 g/mol. The Balaban J connectivity index is 1.39. The molecule has 2 aromatic carbocycles. The number of rotatable bonds is 9. The number of hydrogen-bond acceptors (Lipinski definition) is 3. The van der Waals surface area contributed by atoms with Crippen LogP contribution in [0.25, 0.3) is 9.65 Å². The first-order valence-electron chi connectivity index (χ1n) is 9.26. The van der Waals surface area contributed by atoms with Gasteiger partial charge in [-0.3, -0.25) is 0 Å². The van der Waals surface area contributed by atoms with Gasteiger partial charge in [0.05, 0.1) is 0 Å². The van der Waals surface area contributed by atoms with Crippen molar-refractivity contribution in [2.45, 2.75) is 38.8 Å². The van der Waals surface area contributed by atoms with E-state index >= 15 is 0 Å². The fraction of sp³-hybridized carbons (Fsp3) is 0.333. The van der Waals surface area contributed by atoms with Crippen LogP contribution >= 0.6 is 0 Å². The molecular weight excluding hydrogens is 407 g/mol. The number of nitrogens with one attached hydrogen (secondary N) is 1. The normalized spacial score (nSPS) is 11.0. The van der Waals surface area contributed by atoms with Gasteiger partial charge in [0.25, 0.3) is 0 Å². The Labute approximate surface area is 164 Å².